The summed E-state index contributed by atoms with van der Waals surface area (Å²) in [5, 5.41) is 2.98. The van der Waals surface area contributed by atoms with Crippen LogP contribution in [0.5, 0.6) is 0 Å². The Hall–Kier alpha value is -1.30. The van der Waals surface area contributed by atoms with Crippen molar-refractivity contribution in [3.8, 4) is 0 Å². The van der Waals surface area contributed by atoms with Crippen molar-refractivity contribution < 1.29 is 0 Å². The highest BCUT2D eigenvalue weighted by molar-refractivity contribution is 5.86. The smallest absolute Gasteiger partial charge is 0.0149 e. The molecule has 0 radical (unpaired) electrons. The monoisotopic (exact) mass is 1030 g/mol. The average molecular weight is 1030 g/mol. The lowest BCUT2D eigenvalue weighted by Gasteiger charge is -2.14. The van der Waals surface area contributed by atoms with Crippen molar-refractivity contribution in [1.29, 1.82) is 0 Å². The van der Waals surface area contributed by atoms with E-state index in [9.17, 15) is 0 Å². The molecule has 0 fully saturated rings. The van der Waals surface area contributed by atoms with Crippen LogP contribution < -0.4 is 0 Å². The molecule has 0 N–H and O–H groups in total. The summed E-state index contributed by atoms with van der Waals surface area (Å²) in [5.41, 5.74) is 3.33. The zero-order valence-corrected chi connectivity index (χ0v) is 51.3. The van der Waals surface area contributed by atoms with E-state index >= 15 is 0 Å². The first-order chi connectivity index (χ1) is 36.9. The molecule has 0 nitrogen and oxygen atoms in total. The highest BCUT2D eigenvalue weighted by Gasteiger charge is 2.09. The average Bonchev–Trinajstić information content (AvgIpc) is 3.42. The molecule has 0 heteroatoms. The van der Waals surface area contributed by atoms with E-state index < -0.39 is 0 Å². The van der Waals surface area contributed by atoms with Crippen LogP contribution in [0.15, 0.2) is 36.4 Å². The Kier molecular flexibility index (Phi) is 53.8. The maximum Gasteiger partial charge on any atom is -0.0149 e. The predicted molar refractivity (Wildman–Crippen MR) is 340 cm³/mol. The van der Waals surface area contributed by atoms with Gasteiger partial charge in [-0.3, -0.25) is 0 Å². The maximum absolute atomic E-state index is 2.49. The SMILES string of the molecule is CCCCCCCCCCCCCCCCCCCCCCCCCCCCCCCCc1ccc2ccccc2c1CCCCCCCCCCCCCCCCCCCCCCCCCCCCCCCC. The summed E-state index contributed by atoms with van der Waals surface area (Å²) in [5.74, 6) is 0. The van der Waals surface area contributed by atoms with Gasteiger partial charge in [0.05, 0.1) is 0 Å². The molecule has 74 heavy (non-hydrogen) atoms. The van der Waals surface area contributed by atoms with E-state index in [2.05, 4.69) is 50.2 Å². The van der Waals surface area contributed by atoms with Crippen molar-refractivity contribution in [2.45, 2.75) is 412 Å². The van der Waals surface area contributed by atoms with Gasteiger partial charge < -0.3 is 0 Å². The summed E-state index contributed by atoms with van der Waals surface area (Å²) < 4.78 is 0. The molecule has 0 aliphatic heterocycles. The molecular formula is C74H136. The molecule has 0 aliphatic carbocycles. The zero-order chi connectivity index (χ0) is 52.4. The van der Waals surface area contributed by atoms with Gasteiger partial charge in [0, 0.05) is 0 Å². The lowest BCUT2D eigenvalue weighted by atomic mass is 9.91. The van der Waals surface area contributed by atoms with Crippen LogP contribution in [0.4, 0.5) is 0 Å². The largest absolute Gasteiger partial charge is 0.0654 e. The molecule has 0 aliphatic rings. The van der Waals surface area contributed by atoms with Gasteiger partial charge in [-0.05, 0) is 47.6 Å². The number of hydrogen-bond donors (Lipinski definition) is 0. The fraction of sp³-hybridized carbons (Fsp3) is 0.865. The molecule has 0 atom stereocenters. The molecule has 2 aromatic rings. The standard InChI is InChI=1S/C74H136/c1-3-5-7-9-11-13-15-17-19-21-23-25-27-29-31-33-35-37-39-41-43-45-47-49-51-53-55-57-59-61-65-71-69-70-72-66-63-64-68-74(72)73(71)67-62-60-58-56-54-52-50-48-46-44-42-40-38-36-34-32-30-28-26-24-22-20-18-16-14-12-10-8-6-4-2/h63-64,66,68-70H,3-62,65,67H2,1-2H3. The molecule has 0 unspecified atom stereocenters. The maximum atomic E-state index is 2.49. The molecule has 0 aromatic heterocycles. The van der Waals surface area contributed by atoms with Gasteiger partial charge in [-0.1, -0.05) is 423 Å². The van der Waals surface area contributed by atoms with Crippen molar-refractivity contribution in [3.05, 3.63) is 47.5 Å². The third kappa shape index (κ3) is 45.7. The summed E-state index contributed by atoms with van der Waals surface area (Å²) in [6.07, 6.45) is 90.6. The fourth-order valence-electron chi connectivity index (χ4n) is 12.6. The predicted octanol–water partition coefficient (Wildman–Crippen LogP) is 27.4. The van der Waals surface area contributed by atoms with E-state index in [-0.39, 0.29) is 0 Å². The molecule has 0 spiro atoms. The van der Waals surface area contributed by atoms with Gasteiger partial charge in [-0.15, -0.1) is 0 Å². The molecule has 432 valence electrons. The van der Waals surface area contributed by atoms with Crippen molar-refractivity contribution in [1.82, 2.24) is 0 Å². The number of hydrogen-bond acceptors (Lipinski definition) is 0. The molecule has 2 aromatic carbocycles. The van der Waals surface area contributed by atoms with Gasteiger partial charge >= 0.3 is 0 Å². The fourth-order valence-corrected chi connectivity index (χ4v) is 12.6. The Morgan fingerprint density at radius 3 is 0.635 bits per heavy atom. The minimum atomic E-state index is 1.27. The van der Waals surface area contributed by atoms with Gasteiger partial charge in [-0.25, -0.2) is 0 Å². The van der Waals surface area contributed by atoms with E-state index in [0.717, 1.165) is 0 Å². The quantitative estimate of drug-likeness (QED) is 0.0579. The van der Waals surface area contributed by atoms with E-state index in [1.165, 1.54) is 409 Å². The van der Waals surface area contributed by atoms with Crippen LogP contribution in [0.2, 0.25) is 0 Å². The zero-order valence-electron chi connectivity index (χ0n) is 51.3. The number of benzene rings is 2. The highest BCUT2D eigenvalue weighted by atomic mass is 14.1. The number of fused-ring (bicyclic) bond motifs is 1. The van der Waals surface area contributed by atoms with E-state index in [1.54, 1.807) is 11.1 Å². The Bertz CT molecular complexity index is 1350. The number of aryl methyl sites for hydroxylation is 2. The van der Waals surface area contributed by atoms with Gasteiger partial charge in [0.15, 0.2) is 0 Å². The second-order valence-electron chi connectivity index (χ2n) is 24.9. The second-order valence-corrected chi connectivity index (χ2v) is 24.9. The molecule has 0 amide bonds. The van der Waals surface area contributed by atoms with Crippen LogP contribution in [0, 0.1) is 0 Å². The molecule has 0 saturated carbocycles. The van der Waals surface area contributed by atoms with Crippen LogP contribution in [0.25, 0.3) is 10.8 Å². The van der Waals surface area contributed by atoms with Crippen molar-refractivity contribution in [2.24, 2.45) is 0 Å². The first-order valence-corrected chi connectivity index (χ1v) is 35.4. The van der Waals surface area contributed by atoms with Crippen LogP contribution >= 0.6 is 0 Å². The van der Waals surface area contributed by atoms with Gasteiger partial charge in [0.1, 0.15) is 0 Å². The van der Waals surface area contributed by atoms with Crippen LogP contribution in [-0.4, -0.2) is 0 Å². The van der Waals surface area contributed by atoms with Crippen molar-refractivity contribution in [2.75, 3.05) is 0 Å². The summed E-state index contributed by atoms with van der Waals surface area (Å²) in [4.78, 5) is 0. The van der Waals surface area contributed by atoms with E-state index in [0.29, 0.717) is 0 Å². The first-order valence-electron chi connectivity index (χ1n) is 35.4. The van der Waals surface area contributed by atoms with Crippen LogP contribution in [-0.2, 0) is 12.8 Å². The van der Waals surface area contributed by atoms with Crippen LogP contribution in [0.3, 0.4) is 0 Å². The van der Waals surface area contributed by atoms with Gasteiger partial charge in [-0.2, -0.15) is 0 Å². The normalized spacial score (nSPS) is 11.8. The Balaban J connectivity index is 1.31. The Labute approximate surface area is 467 Å². The van der Waals surface area contributed by atoms with Gasteiger partial charge in [0.2, 0.25) is 0 Å². The van der Waals surface area contributed by atoms with E-state index in [4.69, 9.17) is 0 Å². The van der Waals surface area contributed by atoms with Gasteiger partial charge in [0.25, 0.3) is 0 Å². The Morgan fingerprint density at radius 1 is 0.189 bits per heavy atom. The second kappa shape index (κ2) is 57.9. The topological polar surface area (TPSA) is 0 Å². The lowest BCUT2D eigenvalue weighted by Crippen LogP contribution is -1.97. The lowest BCUT2D eigenvalue weighted by molar-refractivity contribution is 0.512. The minimum absolute atomic E-state index is 1.27. The van der Waals surface area contributed by atoms with Crippen LogP contribution in [0.1, 0.15) is 410 Å². The van der Waals surface area contributed by atoms with Crippen molar-refractivity contribution in [3.63, 3.8) is 0 Å². The first kappa shape index (κ1) is 68.8. The highest BCUT2D eigenvalue weighted by Crippen LogP contribution is 2.27. The molecule has 0 heterocycles. The van der Waals surface area contributed by atoms with Crippen molar-refractivity contribution >= 4 is 10.8 Å². The minimum Gasteiger partial charge on any atom is -0.0654 e. The third-order valence-corrected chi connectivity index (χ3v) is 17.7. The molecule has 0 bridgehead atoms. The van der Waals surface area contributed by atoms with E-state index in [1.807, 2.05) is 0 Å². The summed E-state index contributed by atoms with van der Waals surface area (Å²) in [6.45, 7) is 4.63. The summed E-state index contributed by atoms with van der Waals surface area (Å²) in [6, 6.07) is 14.1. The molecular weight excluding hydrogens is 889 g/mol. The molecule has 0 saturated heterocycles. The summed E-state index contributed by atoms with van der Waals surface area (Å²) in [7, 11) is 0. The Morgan fingerprint density at radius 2 is 0.392 bits per heavy atom. The number of unbranched alkanes of at least 4 members (excludes halogenated alkanes) is 58. The molecule has 2 rings (SSSR count). The third-order valence-electron chi connectivity index (χ3n) is 17.7. The summed E-state index contributed by atoms with van der Waals surface area (Å²) >= 11 is 0. The number of rotatable bonds is 62.